The molecule has 21 heavy (non-hydrogen) atoms. The van der Waals surface area contributed by atoms with Crippen LogP contribution in [0.1, 0.15) is 26.0 Å². The Morgan fingerprint density at radius 3 is 2.81 bits per heavy atom. The number of non-ortho nitro benzene ring substituents is 1. The number of nitro benzene ring substituents is 1. The Hall–Kier alpha value is -2.14. The van der Waals surface area contributed by atoms with Crippen molar-refractivity contribution in [3.05, 3.63) is 46.1 Å². The lowest BCUT2D eigenvalue weighted by atomic mass is 10.0. The first-order valence-electron chi connectivity index (χ1n) is 7.26. The van der Waals surface area contributed by atoms with E-state index in [0.29, 0.717) is 11.6 Å². The second kappa shape index (κ2) is 5.33. The highest BCUT2D eigenvalue weighted by molar-refractivity contribution is 5.91. The zero-order valence-electron chi connectivity index (χ0n) is 12.3. The predicted molar refractivity (Wildman–Crippen MR) is 84.3 cm³/mol. The number of nitro groups is 1. The number of fused-ring (bicyclic) bond motifs is 1. The molecule has 0 atom stereocenters. The van der Waals surface area contributed by atoms with Gasteiger partial charge in [-0.1, -0.05) is 18.2 Å². The van der Waals surface area contributed by atoms with E-state index < -0.39 is 0 Å². The van der Waals surface area contributed by atoms with E-state index in [1.807, 2.05) is 12.1 Å². The number of nitrogens with one attached hydrogen (secondary N) is 1. The molecular formula is C16H19N3O2. The summed E-state index contributed by atoms with van der Waals surface area (Å²) in [5, 5.41) is 12.0. The van der Waals surface area contributed by atoms with E-state index in [-0.39, 0.29) is 10.6 Å². The quantitative estimate of drug-likeness (QED) is 0.692. The lowest BCUT2D eigenvalue weighted by Gasteiger charge is -2.29. The molecule has 0 radical (unpaired) electrons. The Bertz CT molecular complexity index is 715. The first kappa shape index (κ1) is 13.8. The van der Waals surface area contributed by atoms with Gasteiger partial charge in [-0.3, -0.25) is 15.0 Å². The van der Waals surface area contributed by atoms with E-state index in [1.54, 1.807) is 12.1 Å². The standard InChI is InChI=1S/C16H19N3O2/c1-11(2)18-8-6-12(7-9-18)14-10-13-4-3-5-15(19(20)21)16(13)17-14/h3-6,10-11,17H,7-9H2,1-2H3. The van der Waals surface area contributed by atoms with Crippen LogP contribution in [-0.4, -0.2) is 33.9 Å². The summed E-state index contributed by atoms with van der Waals surface area (Å²) in [5.74, 6) is 0. The van der Waals surface area contributed by atoms with Crippen LogP contribution in [-0.2, 0) is 0 Å². The summed E-state index contributed by atoms with van der Waals surface area (Å²) < 4.78 is 0. The lowest BCUT2D eigenvalue weighted by molar-refractivity contribution is -0.383. The van der Waals surface area contributed by atoms with Gasteiger partial charge in [-0.15, -0.1) is 0 Å². The number of hydrogen-bond donors (Lipinski definition) is 1. The lowest BCUT2D eigenvalue weighted by Crippen LogP contribution is -2.34. The summed E-state index contributed by atoms with van der Waals surface area (Å²) in [7, 11) is 0. The number of benzene rings is 1. The number of rotatable bonds is 3. The number of nitrogens with zero attached hydrogens (tertiary/aromatic N) is 2. The van der Waals surface area contributed by atoms with E-state index in [4.69, 9.17) is 0 Å². The number of H-pyrrole nitrogens is 1. The Labute approximate surface area is 123 Å². The van der Waals surface area contributed by atoms with Crippen LogP contribution in [0.5, 0.6) is 0 Å². The van der Waals surface area contributed by atoms with Gasteiger partial charge in [-0.2, -0.15) is 0 Å². The minimum absolute atomic E-state index is 0.138. The van der Waals surface area contributed by atoms with Gasteiger partial charge in [0.1, 0.15) is 5.52 Å². The van der Waals surface area contributed by atoms with Crippen molar-refractivity contribution in [3.8, 4) is 0 Å². The van der Waals surface area contributed by atoms with E-state index in [9.17, 15) is 10.1 Å². The average molecular weight is 285 g/mol. The van der Waals surface area contributed by atoms with E-state index >= 15 is 0 Å². The topological polar surface area (TPSA) is 62.2 Å². The van der Waals surface area contributed by atoms with E-state index in [0.717, 1.165) is 30.6 Å². The van der Waals surface area contributed by atoms with Crippen LogP contribution >= 0.6 is 0 Å². The van der Waals surface area contributed by atoms with Gasteiger partial charge >= 0.3 is 0 Å². The molecule has 3 rings (SSSR count). The number of hydrogen-bond acceptors (Lipinski definition) is 3. The summed E-state index contributed by atoms with van der Waals surface area (Å²) in [6, 6.07) is 7.74. The molecule has 0 spiro atoms. The average Bonchev–Trinajstić information content (AvgIpc) is 2.90. The molecule has 0 unspecified atom stereocenters. The molecule has 1 aromatic heterocycles. The van der Waals surface area contributed by atoms with Crippen molar-refractivity contribution >= 4 is 22.2 Å². The molecular weight excluding hydrogens is 266 g/mol. The smallest absolute Gasteiger partial charge is 0.293 e. The zero-order valence-corrected chi connectivity index (χ0v) is 12.3. The van der Waals surface area contributed by atoms with Crippen LogP contribution in [0.4, 0.5) is 5.69 Å². The molecule has 0 amide bonds. The molecule has 0 bridgehead atoms. The van der Waals surface area contributed by atoms with E-state index in [1.165, 1.54) is 5.57 Å². The third-order valence-electron chi connectivity index (χ3n) is 4.15. The maximum Gasteiger partial charge on any atom is 0.293 e. The first-order valence-corrected chi connectivity index (χ1v) is 7.26. The van der Waals surface area contributed by atoms with Crippen LogP contribution in [0, 0.1) is 10.1 Å². The monoisotopic (exact) mass is 285 g/mol. The SMILES string of the molecule is CC(C)N1CC=C(c2cc3cccc([N+](=O)[O-])c3[nH]2)CC1. The summed E-state index contributed by atoms with van der Waals surface area (Å²) >= 11 is 0. The van der Waals surface area contributed by atoms with Gasteiger partial charge in [0.2, 0.25) is 0 Å². The largest absolute Gasteiger partial charge is 0.349 e. The molecule has 2 heterocycles. The number of para-hydroxylation sites is 1. The number of aromatic nitrogens is 1. The van der Waals surface area contributed by atoms with Gasteiger partial charge in [-0.05, 0) is 31.9 Å². The Kier molecular flexibility index (Phi) is 3.51. The molecule has 0 saturated carbocycles. The van der Waals surface area contributed by atoms with Crippen LogP contribution in [0.3, 0.4) is 0 Å². The number of aromatic amines is 1. The summed E-state index contributed by atoms with van der Waals surface area (Å²) in [5.41, 5.74) is 3.00. The van der Waals surface area contributed by atoms with Crippen LogP contribution in [0.15, 0.2) is 30.3 Å². The second-order valence-corrected chi connectivity index (χ2v) is 5.75. The highest BCUT2D eigenvalue weighted by Gasteiger charge is 2.18. The fraction of sp³-hybridized carbons (Fsp3) is 0.375. The highest BCUT2D eigenvalue weighted by atomic mass is 16.6. The van der Waals surface area contributed by atoms with Crippen molar-refractivity contribution in [2.75, 3.05) is 13.1 Å². The minimum atomic E-state index is -0.335. The van der Waals surface area contributed by atoms with Gasteiger partial charge < -0.3 is 4.98 Å². The van der Waals surface area contributed by atoms with Crippen molar-refractivity contribution < 1.29 is 4.92 Å². The molecule has 110 valence electrons. The van der Waals surface area contributed by atoms with Crippen molar-refractivity contribution in [1.82, 2.24) is 9.88 Å². The molecule has 1 aliphatic rings. The van der Waals surface area contributed by atoms with Crippen LogP contribution in [0.2, 0.25) is 0 Å². The van der Waals surface area contributed by atoms with Gasteiger partial charge in [-0.25, -0.2) is 0 Å². The Morgan fingerprint density at radius 2 is 2.19 bits per heavy atom. The van der Waals surface area contributed by atoms with Gasteiger partial charge in [0, 0.05) is 36.3 Å². The summed E-state index contributed by atoms with van der Waals surface area (Å²) in [4.78, 5) is 16.4. The molecule has 1 N–H and O–H groups in total. The highest BCUT2D eigenvalue weighted by Crippen LogP contribution is 2.30. The van der Waals surface area contributed by atoms with Crippen molar-refractivity contribution in [1.29, 1.82) is 0 Å². The molecule has 1 aliphatic heterocycles. The molecule has 2 aromatic rings. The Balaban J connectivity index is 1.96. The summed E-state index contributed by atoms with van der Waals surface area (Å²) in [6.07, 6.45) is 3.19. The van der Waals surface area contributed by atoms with E-state index in [2.05, 4.69) is 29.8 Å². The van der Waals surface area contributed by atoms with Crippen LogP contribution < -0.4 is 0 Å². The van der Waals surface area contributed by atoms with Gasteiger partial charge in [0.15, 0.2) is 0 Å². The molecule has 5 nitrogen and oxygen atoms in total. The fourth-order valence-corrected chi connectivity index (χ4v) is 2.86. The maximum absolute atomic E-state index is 11.1. The third-order valence-corrected chi connectivity index (χ3v) is 4.15. The van der Waals surface area contributed by atoms with Crippen molar-refractivity contribution in [2.24, 2.45) is 0 Å². The summed E-state index contributed by atoms with van der Waals surface area (Å²) in [6.45, 7) is 6.36. The molecule has 1 aromatic carbocycles. The van der Waals surface area contributed by atoms with Gasteiger partial charge in [0.25, 0.3) is 5.69 Å². The molecule has 0 saturated heterocycles. The normalized spacial score (nSPS) is 16.4. The Morgan fingerprint density at radius 1 is 1.38 bits per heavy atom. The fourth-order valence-electron chi connectivity index (χ4n) is 2.86. The van der Waals surface area contributed by atoms with Crippen molar-refractivity contribution in [3.63, 3.8) is 0 Å². The van der Waals surface area contributed by atoms with Crippen LogP contribution in [0.25, 0.3) is 16.5 Å². The first-order chi connectivity index (χ1) is 10.1. The predicted octanol–water partition coefficient (Wildman–Crippen LogP) is 3.57. The maximum atomic E-state index is 11.1. The molecule has 0 aliphatic carbocycles. The van der Waals surface area contributed by atoms with Crippen molar-refractivity contribution in [2.45, 2.75) is 26.3 Å². The third kappa shape index (κ3) is 2.56. The molecule has 5 heteroatoms. The minimum Gasteiger partial charge on any atom is -0.349 e. The second-order valence-electron chi connectivity index (χ2n) is 5.75. The van der Waals surface area contributed by atoms with Gasteiger partial charge in [0.05, 0.1) is 4.92 Å². The molecule has 0 fully saturated rings. The zero-order chi connectivity index (χ0) is 15.0.